The van der Waals surface area contributed by atoms with Crippen molar-refractivity contribution in [2.24, 2.45) is 0 Å². The first kappa shape index (κ1) is 22.6. The molecule has 3 aromatic rings. The number of anilines is 1. The van der Waals surface area contributed by atoms with E-state index in [-0.39, 0.29) is 16.8 Å². The fraction of sp³-hybridized carbons (Fsp3) is 0.240. The standard InChI is InChI=1S/C25H28N2O3S/c1-16-7-11-21(12-8-16)20(5)26-25(28)22-13-10-19(4)24(15-22)31(29,30)27-23-14-17(2)6-9-18(23)3/h6-15,20,27H,1-5H3,(H,26,28). The van der Waals surface area contributed by atoms with E-state index in [4.69, 9.17) is 0 Å². The highest BCUT2D eigenvalue weighted by atomic mass is 32.2. The van der Waals surface area contributed by atoms with Gasteiger partial charge in [0.05, 0.1) is 16.6 Å². The van der Waals surface area contributed by atoms with Gasteiger partial charge in [-0.25, -0.2) is 8.42 Å². The molecular weight excluding hydrogens is 408 g/mol. The Hall–Kier alpha value is -3.12. The van der Waals surface area contributed by atoms with Gasteiger partial charge in [-0.3, -0.25) is 9.52 Å². The molecule has 0 heterocycles. The average molecular weight is 437 g/mol. The van der Waals surface area contributed by atoms with Crippen LogP contribution in [0.25, 0.3) is 0 Å². The van der Waals surface area contributed by atoms with E-state index in [0.717, 1.165) is 22.3 Å². The highest BCUT2D eigenvalue weighted by Gasteiger charge is 2.21. The van der Waals surface area contributed by atoms with Crippen LogP contribution < -0.4 is 10.0 Å². The quantitative estimate of drug-likeness (QED) is 0.557. The van der Waals surface area contributed by atoms with E-state index < -0.39 is 10.0 Å². The molecule has 0 bridgehead atoms. The van der Waals surface area contributed by atoms with Gasteiger partial charge >= 0.3 is 0 Å². The van der Waals surface area contributed by atoms with Gasteiger partial charge in [0.15, 0.2) is 0 Å². The van der Waals surface area contributed by atoms with Crippen LogP contribution in [0.2, 0.25) is 0 Å². The fourth-order valence-corrected chi connectivity index (χ4v) is 4.69. The molecule has 0 radical (unpaired) electrons. The third-order valence-electron chi connectivity index (χ3n) is 5.30. The molecule has 0 aliphatic carbocycles. The van der Waals surface area contributed by atoms with E-state index in [9.17, 15) is 13.2 Å². The Kier molecular flexibility index (Phi) is 6.51. The first-order valence-electron chi connectivity index (χ1n) is 10.1. The van der Waals surface area contributed by atoms with Crippen LogP contribution in [0.3, 0.4) is 0 Å². The van der Waals surface area contributed by atoms with Gasteiger partial charge in [-0.15, -0.1) is 0 Å². The van der Waals surface area contributed by atoms with Gasteiger partial charge in [0.1, 0.15) is 0 Å². The molecule has 0 fully saturated rings. The van der Waals surface area contributed by atoms with Crippen LogP contribution in [-0.4, -0.2) is 14.3 Å². The number of aryl methyl sites for hydroxylation is 4. The first-order chi connectivity index (χ1) is 14.6. The predicted octanol–water partition coefficient (Wildman–Crippen LogP) is 5.21. The number of carbonyl (C=O) groups is 1. The number of amides is 1. The summed E-state index contributed by atoms with van der Waals surface area (Å²) in [6.45, 7) is 9.38. The van der Waals surface area contributed by atoms with Crippen molar-refractivity contribution in [3.63, 3.8) is 0 Å². The molecule has 2 N–H and O–H groups in total. The normalized spacial score (nSPS) is 12.3. The number of rotatable bonds is 6. The zero-order valence-corrected chi connectivity index (χ0v) is 19.3. The lowest BCUT2D eigenvalue weighted by atomic mass is 10.1. The lowest BCUT2D eigenvalue weighted by Crippen LogP contribution is -2.27. The van der Waals surface area contributed by atoms with E-state index in [1.54, 1.807) is 25.1 Å². The average Bonchev–Trinajstić information content (AvgIpc) is 2.71. The molecule has 1 atom stereocenters. The molecular formula is C25H28N2O3S. The van der Waals surface area contributed by atoms with Crippen molar-refractivity contribution >= 4 is 21.6 Å². The molecule has 0 aromatic heterocycles. The monoisotopic (exact) mass is 436 g/mol. The van der Waals surface area contributed by atoms with Gasteiger partial charge in [0.25, 0.3) is 15.9 Å². The van der Waals surface area contributed by atoms with Crippen LogP contribution in [0.15, 0.2) is 65.6 Å². The van der Waals surface area contributed by atoms with E-state index in [1.165, 1.54) is 6.07 Å². The summed E-state index contributed by atoms with van der Waals surface area (Å²) in [5.74, 6) is -0.323. The Morgan fingerprint density at radius 3 is 2.10 bits per heavy atom. The molecule has 162 valence electrons. The molecule has 1 amide bonds. The Bertz CT molecular complexity index is 1220. The van der Waals surface area contributed by atoms with E-state index in [2.05, 4.69) is 10.0 Å². The number of carbonyl (C=O) groups excluding carboxylic acids is 1. The van der Waals surface area contributed by atoms with Crippen molar-refractivity contribution in [1.82, 2.24) is 5.32 Å². The minimum Gasteiger partial charge on any atom is -0.346 e. The molecule has 31 heavy (non-hydrogen) atoms. The van der Waals surface area contributed by atoms with Crippen LogP contribution in [0, 0.1) is 27.7 Å². The lowest BCUT2D eigenvalue weighted by Gasteiger charge is -2.16. The molecule has 0 aliphatic rings. The van der Waals surface area contributed by atoms with Gasteiger partial charge in [-0.1, -0.05) is 48.0 Å². The largest absolute Gasteiger partial charge is 0.346 e. The molecule has 0 spiro atoms. The summed E-state index contributed by atoms with van der Waals surface area (Å²) >= 11 is 0. The topological polar surface area (TPSA) is 75.3 Å². The fourth-order valence-electron chi connectivity index (χ4n) is 3.29. The van der Waals surface area contributed by atoms with E-state index in [1.807, 2.05) is 64.1 Å². The van der Waals surface area contributed by atoms with Crippen LogP contribution in [-0.2, 0) is 10.0 Å². The second-order valence-electron chi connectivity index (χ2n) is 8.01. The summed E-state index contributed by atoms with van der Waals surface area (Å²) in [5.41, 5.74) is 5.31. The Morgan fingerprint density at radius 2 is 1.42 bits per heavy atom. The number of hydrogen-bond acceptors (Lipinski definition) is 3. The number of nitrogens with one attached hydrogen (secondary N) is 2. The third kappa shape index (κ3) is 5.33. The highest BCUT2D eigenvalue weighted by molar-refractivity contribution is 7.92. The molecule has 5 nitrogen and oxygen atoms in total. The van der Waals surface area contributed by atoms with Crippen molar-refractivity contribution in [2.75, 3.05) is 4.72 Å². The number of hydrogen-bond donors (Lipinski definition) is 2. The summed E-state index contributed by atoms with van der Waals surface area (Å²) < 4.78 is 28.9. The number of sulfonamides is 1. The second-order valence-corrected chi connectivity index (χ2v) is 9.66. The first-order valence-corrected chi connectivity index (χ1v) is 11.6. The van der Waals surface area contributed by atoms with Crippen LogP contribution >= 0.6 is 0 Å². The minimum atomic E-state index is -3.85. The van der Waals surface area contributed by atoms with Crippen molar-refractivity contribution in [3.05, 3.63) is 94.0 Å². The summed E-state index contributed by atoms with van der Waals surface area (Å²) in [4.78, 5) is 12.9. The molecule has 0 saturated carbocycles. The van der Waals surface area contributed by atoms with Gasteiger partial charge in [-0.05, 0) is 75.1 Å². The predicted molar refractivity (Wildman–Crippen MR) is 125 cm³/mol. The van der Waals surface area contributed by atoms with Crippen molar-refractivity contribution in [1.29, 1.82) is 0 Å². The summed E-state index contributed by atoms with van der Waals surface area (Å²) in [7, 11) is -3.85. The van der Waals surface area contributed by atoms with E-state index >= 15 is 0 Å². The maximum atomic E-state index is 13.1. The van der Waals surface area contributed by atoms with Crippen molar-refractivity contribution in [2.45, 2.75) is 45.6 Å². The maximum absolute atomic E-state index is 13.1. The van der Waals surface area contributed by atoms with Gasteiger partial charge in [-0.2, -0.15) is 0 Å². The molecule has 3 aromatic carbocycles. The Labute approximate surface area is 184 Å². The van der Waals surface area contributed by atoms with Crippen LogP contribution in [0.1, 0.15) is 51.1 Å². The molecule has 6 heteroatoms. The minimum absolute atomic E-state index is 0.0871. The molecule has 3 rings (SSSR count). The van der Waals surface area contributed by atoms with Gasteiger partial charge in [0, 0.05) is 5.56 Å². The van der Waals surface area contributed by atoms with E-state index in [0.29, 0.717) is 16.8 Å². The summed E-state index contributed by atoms with van der Waals surface area (Å²) in [6.07, 6.45) is 0. The molecule has 0 saturated heterocycles. The second kappa shape index (κ2) is 8.94. The maximum Gasteiger partial charge on any atom is 0.262 e. The van der Waals surface area contributed by atoms with Crippen LogP contribution in [0.5, 0.6) is 0 Å². The zero-order valence-electron chi connectivity index (χ0n) is 18.5. The molecule has 0 aliphatic heterocycles. The Morgan fingerprint density at radius 1 is 0.806 bits per heavy atom. The zero-order chi connectivity index (χ0) is 22.8. The van der Waals surface area contributed by atoms with Gasteiger partial charge < -0.3 is 5.32 Å². The Balaban J connectivity index is 1.85. The number of benzene rings is 3. The van der Waals surface area contributed by atoms with Crippen molar-refractivity contribution in [3.8, 4) is 0 Å². The van der Waals surface area contributed by atoms with Crippen molar-refractivity contribution < 1.29 is 13.2 Å². The van der Waals surface area contributed by atoms with Gasteiger partial charge in [0.2, 0.25) is 0 Å². The van der Waals surface area contributed by atoms with Crippen LogP contribution in [0.4, 0.5) is 5.69 Å². The summed E-state index contributed by atoms with van der Waals surface area (Å²) in [6, 6.07) is 18.0. The molecule has 1 unspecified atom stereocenters. The SMILES string of the molecule is Cc1ccc(C(C)NC(=O)c2ccc(C)c(S(=O)(=O)Nc3cc(C)ccc3C)c2)cc1. The lowest BCUT2D eigenvalue weighted by molar-refractivity contribution is 0.0939. The third-order valence-corrected chi connectivity index (χ3v) is 6.81. The summed E-state index contributed by atoms with van der Waals surface area (Å²) in [5, 5.41) is 2.94. The smallest absolute Gasteiger partial charge is 0.262 e. The highest BCUT2D eigenvalue weighted by Crippen LogP contribution is 2.24.